The molecule has 21 nitrogen and oxygen atoms in total. The highest BCUT2D eigenvalue weighted by molar-refractivity contribution is 7.90. The number of carbonyl (C=O) groups excluding carboxylic acids is 3. The molecule has 68 heavy (non-hydrogen) atoms. The van der Waals surface area contributed by atoms with E-state index in [0.29, 0.717) is 11.3 Å². The molecule has 368 valence electrons. The molecule has 1 heterocycles. The average molecular weight is 1040 g/mol. The van der Waals surface area contributed by atoms with Gasteiger partial charge in [-0.25, -0.2) is 8.42 Å². The van der Waals surface area contributed by atoms with Crippen LogP contribution in [0.15, 0.2) is 71.9 Å². The Hall–Kier alpha value is -5.61. The van der Waals surface area contributed by atoms with Crippen molar-refractivity contribution in [3.05, 3.63) is 99.8 Å². The summed E-state index contributed by atoms with van der Waals surface area (Å²) in [5.74, 6) is -3.81. The minimum Gasteiger partial charge on any atom is -0.488 e. The van der Waals surface area contributed by atoms with Gasteiger partial charge in [-0.1, -0.05) is 47.9 Å². The summed E-state index contributed by atoms with van der Waals surface area (Å²) in [5, 5.41) is 3.81. The van der Waals surface area contributed by atoms with Crippen molar-refractivity contribution >= 4 is 67.0 Å². The largest absolute Gasteiger partial charge is 0.488 e. The van der Waals surface area contributed by atoms with Crippen LogP contribution in [-0.4, -0.2) is 121 Å². The normalized spacial score (nSPS) is 12.8. The lowest BCUT2D eigenvalue weighted by molar-refractivity contribution is -0.136. The lowest BCUT2D eigenvalue weighted by atomic mass is 9.93. The molecule has 6 N–H and O–H groups in total. The van der Waals surface area contributed by atoms with Crippen LogP contribution in [0.3, 0.4) is 0 Å². The van der Waals surface area contributed by atoms with Crippen molar-refractivity contribution in [1.29, 1.82) is 0 Å². The van der Waals surface area contributed by atoms with E-state index in [1.165, 1.54) is 24.4 Å². The van der Waals surface area contributed by atoms with Crippen molar-refractivity contribution in [2.24, 2.45) is 0 Å². The molecule has 0 aliphatic rings. The fourth-order valence-corrected chi connectivity index (χ4v) is 9.14. The van der Waals surface area contributed by atoms with Crippen molar-refractivity contribution in [3.8, 4) is 40.7 Å². The van der Waals surface area contributed by atoms with E-state index in [-0.39, 0.29) is 46.8 Å². The van der Waals surface area contributed by atoms with E-state index in [2.05, 4.69) is 10.9 Å². The third-order valence-electron chi connectivity index (χ3n) is 9.86. The van der Waals surface area contributed by atoms with Crippen molar-refractivity contribution in [3.63, 3.8) is 0 Å². The molecule has 0 radical (unpaired) electrons. The molecule has 0 unspecified atom stereocenters. The molecule has 0 fully saturated rings. The smallest absolute Gasteiger partial charge is 0.326 e. The highest BCUT2D eigenvalue weighted by Crippen LogP contribution is 2.37. The number of rotatable bonds is 23. The Labute approximate surface area is 398 Å². The zero-order chi connectivity index (χ0) is 50.8. The summed E-state index contributed by atoms with van der Waals surface area (Å²) in [6.45, 7) is 3.14. The second-order valence-corrected chi connectivity index (χ2v) is 22.5. The van der Waals surface area contributed by atoms with E-state index in [1.54, 1.807) is 0 Å². The molecule has 0 aliphatic heterocycles. The van der Waals surface area contributed by atoms with Crippen LogP contribution in [0.1, 0.15) is 34.2 Å². The van der Waals surface area contributed by atoms with E-state index < -0.39 is 98.1 Å². The van der Waals surface area contributed by atoms with E-state index >= 15 is 0 Å². The zero-order valence-corrected chi connectivity index (χ0v) is 40.9. The number of benzene rings is 3. The number of pyridine rings is 1. The summed E-state index contributed by atoms with van der Waals surface area (Å²) in [6, 6.07) is 10.9. The minimum atomic E-state index is -5.09. The third kappa shape index (κ3) is 16.9. The number of terminal acetylenes is 1. The summed E-state index contributed by atoms with van der Waals surface area (Å²) in [6.07, 6.45) is 6.97. The first-order valence-electron chi connectivity index (χ1n) is 19.8. The average Bonchev–Trinajstić information content (AvgIpc) is 3.23. The summed E-state index contributed by atoms with van der Waals surface area (Å²) in [7, 11) is -17.4. The number of nitrogens with zero attached hydrogens (tertiary/aromatic N) is 2. The van der Waals surface area contributed by atoms with Gasteiger partial charge in [0.15, 0.2) is 9.84 Å². The molecule has 1 aromatic heterocycles. The standard InChI is InChI=1S/C42H48ClN4O17PS3/c1-6-14-62-37-12-8-11-33(27(37)3)32-10-7-9-29(26(32)2)23-64-39-18-38(63-22-28-16-31(20-44-19-28)66(5,54)55)30(17-34(39)43)21-47(4)42(50)36(25-68(59,60)61)46-41(49)35(24-67(56,57)58)45-40(48)13-15-65(51,52)53/h1,7-12,16-20,35-36H,13-15,21-25H2,2-5H3,(H,45,48)(H,46,49)(H2,51,52,53)(H,56,57,58)(H,59,60,61)/t35-,36-/m0/s1. The predicted octanol–water partition coefficient (Wildman–Crippen LogP) is 2.86. The van der Waals surface area contributed by atoms with Crippen LogP contribution in [0.25, 0.3) is 11.1 Å². The lowest BCUT2D eigenvalue weighted by Crippen LogP contribution is -2.57. The first kappa shape index (κ1) is 55.0. The van der Waals surface area contributed by atoms with Crippen LogP contribution in [0.2, 0.25) is 5.02 Å². The zero-order valence-electron chi connectivity index (χ0n) is 36.8. The third-order valence-corrected chi connectivity index (χ3v) is 13.5. The van der Waals surface area contributed by atoms with Gasteiger partial charge in [-0.3, -0.25) is 33.0 Å². The fourth-order valence-electron chi connectivity index (χ4n) is 6.48. The second kappa shape index (κ2) is 23.1. The van der Waals surface area contributed by atoms with Crippen molar-refractivity contribution in [1.82, 2.24) is 20.5 Å². The molecule has 4 rings (SSSR count). The van der Waals surface area contributed by atoms with Crippen LogP contribution < -0.4 is 24.8 Å². The van der Waals surface area contributed by atoms with Crippen LogP contribution in [0.4, 0.5) is 0 Å². The van der Waals surface area contributed by atoms with Gasteiger partial charge in [0.25, 0.3) is 20.2 Å². The number of nitrogens with one attached hydrogen (secondary N) is 2. The number of sulfone groups is 1. The van der Waals surface area contributed by atoms with Crippen LogP contribution >= 0.6 is 19.2 Å². The van der Waals surface area contributed by atoms with Gasteiger partial charge in [-0.05, 0) is 59.9 Å². The number of hydrogen-bond acceptors (Lipinski definition) is 14. The van der Waals surface area contributed by atoms with E-state index in [1.807, 2.05) is 60.9 Å². The van der Waals surface area contributed by atoms with Crippen LogP contribution in [0, 0.1) is 26.2 Å². The molecule has 0 spiro atoms. The van der Waals surface area contributed by atoms with Gasteiger partial charge < -0.3 is 39.5 Å². The minimum absolute atomic E-state index is 0.00212. The van der Waals surface area contributed by atoms with Gasteiger partial charge in [0.05, 0.1) is 16.1 Å². The van der Waals surface area contributed by atoms with Crippen molar-refractivity contribution in [2.75, 3.05) is 37.6 Å². The molecule has 26 heteroatoms. The first-order valence-corrected chi connectivity index (χ1v) is 27.1. The Balaban J connectivity index is 1.67. The first-order chi connectivity index (χ1) is 31.5. The van der Waals surface area contributed by atoms with Crippen LogP contribution in [-0.2, 0) is 68.8 Å². The number of hydrogen-bond donors (Lipinski definition) is 6. The fraction of sp³-hybridized carbons (Fsp3) is 0.333. The second-order valence-electron chi connectivity index (χ2n) is 15.3. The predicted molar refractivity (Wildman–Crippen MR) is 248 cm³/mol. The highest BCUT2D eigenvalue weighted by Gasteiger charge is 2.34. The maximum Gasteiger partial charge on any atom is 0.326 e. The molecule has 0 saturated carbocycles. The Morgan fingerprint density at radius 3 is 2.06 bits per heavy atom. The summed E-state index contributed by atoms with van der Waals surface area (Å²) in [4.78, 5) is 62.5. The molecule has 3 aromatic carbocycles. The quantitative estimate of drug-likeness (QED) is 0.0353. The monoisotopic (exact) mass is 1040 g/mol. The summed E-state index contributed by atoms with van der Waals surface area (Å²) in [5.41, 5.74) is 4.72. The summed E-state index contributed by atoms with van der Waals surface area (Å²) >= 11 is 6.76. The SMILES string of the molecule is C#CCOc1cccc(-c2cccc(COc3cc(OCc4cncc(S(C)(=O)=O)c4)c(CN(C)C(=O)[C@H](CS(=O)(=O)O)NC(=O)[C@H](CS(=O)(=O)O)NC(=O)CCP(=O)(O)O)cc3Cl)c2C)c1C. The Bertz CT molecular complexity index is 2980. The number of ether oxygens (including phenoxy) is 3. The van der Waals surface area contributed by atoms with E-state index in [9.17, 15) is 53.3 Å². The van der Waals surface area contributed by atoms with Gasteiger partial charge in [-0.2, -0.15) is 16.8 Å². The number of halogens is 1. The van der Waals surface area contributed by atoms with Crippen LogP contribution in [0.5, 0.6) is 17.2 Å². The van der Waals surface area contributed by atoms with E-state index in [0.717, 1.165) is 52.2 Å². The van der Waals surface area contributed by atoms with Gasteiger partial charge in [0.2, 0.25) is 17.7 Å². The number of carbonyl (C=O) groups is 3. The molecular formula is C42H48ClN4O17PS3. The van der Waals surface area contributed by atoms with Crippen molar-refractivity contribution < 1.29 is 77.3 Å². The maximum absolute atomic E-state index is 13.9. The topological polar surface area (TPSA) is 320 Å². The Kier molecular flexibility index (Phi) is 18.7. The van der Waals surface area contributed by atoms with Gasteiger partial charge in [0.1, 0.15) is 60.7 Å². The van der Waals surface area contributed by atoms with Crippen molar-refractivity contribution in [2.45, 2.75) is 57.0 Å². The van der Waals surface area contributed by atoms with Gasteiger partial charge in [-0.15, -0.1) is 6.42 Å². The maximum atomic E-state index is 13.9. The Morgan fingerprint density at radius 2 is 1.44 bits per heavy atom. The molecule has 4 aromatic rings. The molecular weight excluding hydrogens is 995 g/mol. The molecule has 2 atom stereocenters. The van der Waals surface area contributed by atoms with E-state index in [4.69, 9.17) is 42.0 Å². The lowest BCUT2D eigenvalue weighted by Gasteiger charge is -2.27. The van der Waals surface area contributed by atoms with Gasteiger partial charge in [0, 0.05) is 55.9 Å². The number of amides is 3. The number of aromatic nitrogens is 1. The number of likely N-dealkylation sites (N-methyl/N-ethyl adjacent to an activating group) is 1. The highest BCUT2D eigenvalue weighted by atomic mass is 35.5. The summed E-state index contributed by atoms with van der Waals surface area (Å²) < 4.78 is 121. The Morgan fingerprint density at radius 1 is 0.824 bits per heavy atom. The van der Waals surface area contributed by atoms with Gasteiger partial charge >= 0.3 is 7.60 Å². The molecule has 0 saturated heterocycles. The molecule has 0 aliphatic carbocycles. The molecule has 0 bridgehead atoms. The molecule has 3 amide bonds.